The standard InChI is InChI=1S/C14H11N3O/c18-14-7-10-16-12-3-1-2-4-13(12)17(14)11-5-8-15-9-6-11/h1-6,8-10H,7H2. The monoisotopic (exact) mass is 237 g/mol. The third-order valence-corrected chi connectivity index (χ3v) is 2.79. The highest BCUT2D eigenvalue weighted by Gasteiger charge is 2.21. The van der Waals surface area contributed by atoms with E-state index in [-0.39, 0.29) is 5.91 Å². The van der Waals surface area contributed by atoms with Crippen molar-refractivity contribution in [2.45, 2.75) is 6.42 Å². The number of anilines is 2. The lowest BCUT2D eigenvalue weighted by Gasteiger charge is -2.22. The predicted octanol–water partition coefficient (Wildman–Crippen LogP) is 2.85. The van der Waals surface area contributed by atoms with Gasteiger partial charge in [0.05, 0.1) is 23.5 Å². The highest BCUT2D eigenvalue weighted by atomic mass is 16.2. The fraction of sp³-hybridized carbons (Fsp3) is 0.0714. The number of fused-ring (bicyclic) bond motifs is 1. The van der Waals surface area contributed by atoms with Gasteiger partial charge in [-0.3, -0.25) is 19.7 Å². The average Bonchev–Trinajstić information content (AvgIpc) is 2.58. The molecule has 0 saturated carbocycles. The zero-order valence-corrected chi connectivity index (χ0v) is 9.65. The highest BCUT2D eigenvalue weighted by Crippen LogP contribution is 2.35. The fourth-order valence-electron chi connectivity index (χ4n) is 1.99. The van der Waals surface area contributed by atoms with E-state index in [1.54, 1.807) is 23.5 Å². The molecule has 1 aromatic carbocycles. The summed E-state index contributed by atoms with van der Waals surface area (Å²) >= 11 is 0. The van der Waals surface area contributed by atoms with Crippen molar-refractivity contribution in [2.24, 2.45) is 4.99 Å². The molecule has 2 aromatic rings. The summed E-state index contributed by atoms with van der Waals surface area (Å²) in [5.74, 6) is 0.00917. The van der Waals surface area contributed by atoms with Crippen molar-refractivity contribution in [1.82, 2.24) is 4.98 Å². The third-order valence-electron chi connectivity index (χ3n) is 2.79. The molecule has 18 heavy (non-hydrogen) atoms. The first-order valence-corrected chi connectivity index (χ1v) is 5.71. The molecule has 0 aliphatic carbocycles. The molecule has 1 aromatic heterocycles. The van der Waals surface area contributed by atoms with E-state index in [9.17, 15) is 4.79 Å². The van der Waals surface area contributed by atoms with Gasteiger partial charge in [-0.05, 0) is 24.3 Å². The van der Waals surface area contributed by atoms with Gasteiger partial charge in [0.2, 0.25) is 5.91 Å². The maximum atomic E-state index is 12.2. The Morgan fingerprint density at radius 3 is 2.67 bits per heavy atom. The quantitative estimate of drug-likeness (QED) is 0.765. The minimum absolute atomic E-state index is 0.00917. The molecule has 1 amide bonds. The van der Waals surface area contributed by atoms with E-state index < -0.39 is 0 Å². The zero-order valence-electron chi connectivity index (χ0n) is 9.65. The topological polar surface area (TPSA) is 45.6 Å². The van der Waals surface area contributed by atoms with Crippen LogP contribution in [0.3, 0.4) is 0 Å². The van der Waals surface area contributed by atoms with Crippen LogP contribution in [0.5, 0.6) is 0 Å². The molecular formula is C14H11N3O. The van der Waals surface area contributed by atoms with Gasteiger partial charge in [-0.1, -0.05) is 12.1 Å². The van der Waals surface area contributed by atoms with E-state index in [1.807, 2.05) is 36.4 Å². The first-order chi connectivity index (χ1) is 8.86. The number of pyridine rings is 1. The Kier molecular flexibility index (Phi) is 2.61. The van der Waals surface area contributed by atoms with Crippen LogP contribution in [-0.4, -0.2) is 17.1 Å². The van der Waals surface area contributed by atoms with Gasteiger partial charge in [0.25, 0.3) is 0 Å². The van der Waals surface area contributed by atoms with Gasteiger partial charge < -0.3 is 0 Å². The molecule has 2 heterocycles. The number of nitrogens with zero attached hydrogens (tertiary/aromatic N) is 3. The Labute approximate surface area is 105 Å². The number of carbonyl (C=O) groups is 1. The van der Waals surface area contributed by atoms with Gasteiger partial charge in [0, 0.05) is 18.6 Å². The minimum atomic E-state index is 0.00917. The van der Waals surface area contributed by atoms with Crippen LogP contribution >= 0.6 is 0 Å². The molecule has 0 saturated heterocycles. The minimum Gasteiger partial charge on any atom is -0.278 e. The number of carbonyl (C=O) groups excluding carboxylic acids is 1. The Morgan fingerprint density at radius 1 is 1.06 bits per heavy atom. The van der Waals surface area contributed by atoms with Crippen molar-refractivity contribution < 1.29 is 4.79 Å². The third kappa shape index (κ3) is 1.78. The van der Waals surface area contributed by atoms with Crippen molar-refractivity contribution in [2.75, 3.05) is 4.90 Å². The summed E-state index contributed by atoms with van der Waals surface area (Å²) in [6, 6.07) is 11.3. The van der Waals surface area contributed by atoms with Gasteiger partial charge in [0.1, 0.15) is 0 Å². The summed E-state index contributed by atoms with van der Waals surface area (Å²) in [5.41, 5.74) is 2.43. The van der Waals surface area contributed by atoms with Crippen LogP contribution in [-0.2, 0) is 4.79 Å². The molecule has 0 radical (unpaired) electrons. The van der Waals surface area contributed by atoms with Crippen LogP contribution in [0, 0.1) is 0 Å². The van der Waals surface area contributed by atoms with Crippen molar-refractivity contribution >= 4 is 29.2 Å². The molecule has 0 atom stereocenters. The van der Waals surface area contributed by atoms with Crippen LogP contribution in [0.2, 0.25) is 0 Å². The number of aromatic nitrogens is 1. The number of hydrogen-bond donors (Lipinski definition) is 0. The summed E-state index contributed by atoms with van der Waals surface area (Å²) in [6.07, 6.45) is 5.31. The predicted molar refractivity (Wildman–Crippen MR) is 70.6 cm³/mol. The van der Waals surface area contributed by atoms with Gasteiger partial charge in [-0.15, -0.1) is 0 Å². The zero-order chi connectivity index (χ0) is 12.4. The smallest absolute Gasteiger partial charge is 0.236 e. The SMILES string of the molecule is O=C1CC=Nc2ccccc2N1c1ccncc1. The molecule has 0 N–H and O–H groups in total. The number of hydrogen-bond acceptors (Lipinski definition) is 3. The second-order valence-electron chi connectivity index (χ2n) is 3.94. The van der Waals surface area contributed by atoms with Crippen LogP contribution in [0.1, 0.15) is 6.42 Å². The van der Waals surface area contributed by atoms with Gasteiger partial charge in [-0.25, -0.2) is 0 Å². The lowest BCUT2D eigenvalue weighted by Crippen LogP contribution is -2.24. The summed E-state index contributed by atoms with van der Waals surface area (Å²) in [6.45, 7) is 0. The largest absolute Gasteiger partial charge is 0.278 e. The summed E-state index contributed by atoms with van der Waals surface area (Å²) in [4.78, 5) is 22.2. The number of para-hydroxylation sites is 2. The second-order valence-corrected chi connectivity index (χ2v) is 3.94. The lowest BCUT2D eigenvalue weighted by atomic mass is 10.2. The van der Waals surface area contributed by atoms with Crippen LogP contribution < -0.4 is 4.90 Å². The van der Waals surface area contributed by atoms with Crippen LogP contribution in [0.4, 0.5) is 17.1 Å². The lowest BCUT2D eigenvalue weighted by molar-refractivity contribution is -0.116. The number of aliphatic imine (C=N–C) groups is 1. The Bertz CT molecular complexity index is 607. The van der Waals surface area contributed by atoms with E-state index in [4.69, 9.17) is 0 Å². The van der Waals surface area contributed by atoms with Crippen molar-refractivity contribution in [3.63, 3.8) is 0 Å². The molecule has 0 fully saturated rings. The highest BCUT2D eigenvalue weighted by molar-refractivity contribution is 6.09. The van der Waals surface area contributed by atoms with Crippen LogP contribution in [0.15, 0.2) is 53.8 Å². The van der Waals surface area contributed by atoms with E-state index in [2.05, 4.69) is 9.98 Å². The summed E-state index contributed by atoms with van der Waals surface area (Å²) < 4.78 is 0. The number of benzene rings is 1. The van der Waals surface area contributed by atoms with E-state index >= 15 is 0 Å². The normalized spacial score (nSPS) is 14.2. The molecule has 0 unspecified atom stereocenters. The molecular weight excluding hydrogens is 226 g/mol. The maximum absolute atomic E-state index is 12.2. The molecule has 4 nitrogen and oxygen atoms in total. The van der Waals surface area contributed by atoms with E-state index in [1.165, 1.54) is 0 Å². The summed E-state index contributed by atoms with van der Waals surface area (Å²) in [7, 11) is 0. The first kappa shape index (κ1) is 10.7. The average molecular weight is 237 g/mol. The molecule has 3 rings (SSSR count). The number of rotatable bonds is 1. The molecule has 4 heteroatoms. The maximum Gasteiger partial charge on any atom is 0.236 e. The van der Waals surface area contributed by atoms with E-state index in [0.29, 0.717) is 6.42 Å². The second kappa shape index (κ2) is 4.41. The Hall–Kier alpha value is -2.49. The van der Waals surface area contributed by atoms with Crippen molar-refractivity contribution in [3.8, 4) is 0 Å². The van der Waals surface area contributed by atoms with Crippen molar-refractivity contribution in [3.05, 3.63) is 48.8 Å². The Balaban J connectivity index is 2.17. The van der Waals surface area contributed by atoms with E-state index in [0.717, 1.165) is 17.1 Å². The van der Waals surface area contributed by atoms with Crippen LogP contribution in [0.25, 0.3) is 0 Å². The molecule has 1 aliphatic rings. The summed E-state index contributed by atoms with van der Waals surface area (Å²) in [5, 5.41) is 0. The molecule has 0 bridgehead atoms. The fourth-order valence-corrected chi connectivity index (χ4v) is 1.99. The molecule has 88 valence electrons. The van der Waals surface area contributed by atoms with Crippen molar-refractivity contribution in [1.29, 1.82) is 0 Å². The van der Waals surface area contributed by atoms with Gasteiger partial charge in [0.15, 0.2) is 0 Å². The molecule has 0 spiro atoms. The first-order valence-electron chi connectivity index (χ1n) is 5.71. The molecule has 1 aliphatic heterocycles. The number of amides is 1. The van der Waals surface area contributed by atoms with Gasteiger partial charge >= 0.3 is 0 Å². The Morgan fingerprint density at radius 2 is 1.83 bits per heavy atom. The van der Waals surface area contributed by atoms with Gasteiger partial charge in [-0.2, -0.15) is 0 Å².